The highest BCUT2D eigenvalue weighted by molar-refractivity contribution is 7.99. The zero-order valence-electron chi connectivity index (χ0n) is 8.73. The molecule has 0 aromatic rings. The first-order valence-corrected chi connectivity index (χ1v) is 6.18. The van der Waals surface area contributed by atoms with Crippen LogP contribution in [0.2, 0.25) is 0 Å². The van der Waals surface area contributed by atoms with Crippen LogP contribution in [0.15, 0.2) is 0 Å². The summed E-state index contributed by atoms with van der Waals surface area (Å²) in [6, 6.07) is 0. The van der Waals surface area contributed by atoms with Crippen LogP contribution in [0.3, 0.4) is 0 Å². The summed E-state index contributed by atoms with van der Waals surface area (Å²) in [6.07, 6.45) is 3.86. The average molecular weight is 189 g/mol. The zero-order chi connectivity index (χ0) is 9.23. The van der Waals surface area contributed by atoms with Crippen molar-refractivity contribution in [1.82, 2.24) is 5.32 Å². The Labute approximate surface area is 81.7 Å². The second-order valence-corrected chi connectivity index (χ2v) is 4.74. The molecule has 12 heavy (non-hydrogen) atoms. The lowest BCUT2D eigenvalue weighted by molar-refractivity contribution is 0.664. The van der Waals surface area contributed by atoms with E-state index in [1.165, 1.54) is 38.1 Å². The molecule has 0 radical (unpaired) electrons. The highest BCUT2D eigenvalue weighted by Crippen LogP contribution is 2.13. The summed E-state index contributed by atoms with van der Waals surface area (Å²) < 4.78 is 0. The van der Waals surface area contributed by atoms with Gasteiger partial charge in [-0.2, -0.15) is 11.8 Å². The Kier molecular flexibility index (Phi) is 9.64. The largest absolute Gasteiger partial charge is 0.317 e. The Morgan fingerprint density at radius 3 is 2.58 bits per heavy atom. The lowest BCUT2D eigenvalue weighted by Gasteiger charge is -2.07. The van der Waals surface area contributed by atoms with Gasteiger partial charge in [0, 0.05) is 5.25 Å². The molecule has 0 aliphatic heterocycles. The summed E-state index contributed by atoms with van der Waals surface area (Å²) in [7, 11) is 0. The molecule has 0 saturated heterocycles. The van der Waals surface area contributed by atoms with Gasteiger partial charge in [0.2, 0.25) is 0 Å². The fraction of sp³-hybridized carbons (Fsp3) is 1.00. The van der Waals surface area contributed by atoms with Crippen LogP contribution in [0, 0.1) is 0 Å². The molecule has 0 saturated carbocycles. The van der Waals surface area contributed by atoms with Crippen LogP contribution in [-0.4, -0.2) is 24.1 Å². The van der Waals surface area contributed by atoms with Gasteiger partial charge in [0.15, 0.2) is 0 Å². The Bertz CT molecular complexity index is 85.9. The van der Waals surface area contributed by atoms with E-state index in [1.54, 1.807) is 0 Å². The van der Waals surface area contributed by atoms with Crippen LogP contribution in [-0.2, 0) is 0 Å². The van der Waals surface area contributed by atoms with Crippen LogP contribution in [0.1, 0.15) is 40.0 Å². The van der Waals surface area contributed by atoms with Gasteiger partial charge in [-0.25, -0.2) is 0 Å². The van der Waals surface area contributed by atoms with Crippen LogP contribution in [0.25, 0.3) is 0 Å². The topological polar surface area (TPSA) is 12.0 Å². The van der Waals surface area contributed by atoms with E-state index in [9.17, 15) is 0 Å². The van der Waals surface area contributed by atoms with Crippen molar-refractivity contribution in [3.63, 3.8) is 0 Å². The molecule has 1 atom stereocenters. The van der Waals surface area contributed by atoms with Crippen LogP contribution >= 0.6 is 11.8 Å². The first-order chi connectivity index (χ1) is 5.81. The smallest absolute Gasteiger partial charge is 0.00161 e. The maximum atomic E-state index is 3.41. The summed E-state index contributed by atoms with van der Waals surface area (Å²) in [6.45, 7) is 9.14. The normalized spacial score (nSPS) is 13.2. The van der Waals surface area contributed by atoms with Crippen molar-refractivity contribution in [2.24, 2.45) is 0 Å². The van der Waals surface area contributed by atoms with Crippen molar-refractivity contribution in [3.8, 4) is 0 Å². The third kappa shape index (κ3) is 8.41. The Morgan fingerprint density at radius 1 is 1.25 bits per heavy atom. The molecule has 1 N–H and O–H groups in total. The van der Waals surface area contributed by atoms with E-state index in [0.29, 0.717) is 0 Å². The molecular formula is C10H23NS. The van der Waals surface area contributed by atoms with Gasteiger partial charge in [-0.05, 0) is 38.1 Å². The minimum Gasteiger partial charge on any atom is -0.317 e. The molecular weight excluding hydrogens is 166 g/mol. The lowest BCUT2D eigenvalue weighted by atomic mass is 10.4. The van der Waals surface area contributed by atoms with Crippen molar-refractivity contribution in [1.29, 1.82) is 0 Å². The lowest BCUT2D eigenvalue weighted by Crippen LogP contribution is -2.16. The summed E-state index contributed by atoms with van der Waals surface area (Å²) in [5.74, 6) is 1.31. The van der Waals surface area contributed by atoms with Crippen molar-refractivity contribution in [3.05, 3.63) is 0 Å². The first-order valence-electron chi connectivity index (χ1n) is 5.13. The fourth-order valence-corrected chi connectivity index (χ4v) is 1.85. The Hall–Kier alpha value is 0.310. The van der Waals surface area contributed by atoms with Crippen LogP contribution in [0.4, 0.5) is 0 Å². The third-order valence-corrected chi connectivity index (χ3v) is 3.33. The van der Waals surface area contributed by atoms with Gasteiger partial charge < -0.3 is 5.32 Å². The predicted molar refractivity (Wildman–Crippen MR) is 60.0 cm³/mol. The monoisotopic (exact) mass is 189 g/mol. The molecule has 0 fully saturated rings. The maximum absolute atomic E-state index is 3.41. The quantitative estimate of drug-likeness (QED) is 0.589. The number of hydrogen-bond donors (Lipinski definition) is 1. The molecule has 2 heteroatoms. The molecule has 0 aliphatic rings. The molecule has 0 heterocycles. The van der Waals surface area contributed by atoms with E-state index in [1.807, 2.05) is 0 Å². The number of thioether (sulfide) groups is 1. The molecule has 0 aliphatic carbocycles. The average Bonchev–Trinajstić information content (AvgIpc) is 2.10. The molecule has 0 rings (SSSR count). The van der Waals surface area contributed by atoms with E-state index in [2.05, 4.69) is 37.8 Å². The van der Waals surface area contributed by atoms with Gasteiger partial charge in [0.25, 0.3) is 0 Å². The van der Waals surface area contributed by atoms with Crippen molar-refractivity contribution in [2.45, 2.75) is 45.3 Å². The molecule has 74 valence electrons. The number of nitrogens with one attached hydrogen (secondary N) is 1. The zero-order valence-corrected chi connectivity index (χ0v) is 9.54. The third-order valence-electron chi connectivity index (χ3n) is 1.90. The second kappa shape index (κ2) is 9.40. The summed E-state index contributed by atoms with van der Waals surface area (Å²) in [4.78, 5) is 0. The number of rotatable bonds is 8. The second-order valence-electron chi connectivity index (χ2n) is 3.19. The minimum atomic E-state index is 0.844. The van der Waals surface area contributed by atoms with E-state index < -0.39 is 0 Å². The van der Waals surface area contributed by atoms with Gasteiger partial charge in [-0.15, -0.1) is 0 Å². The van der Waals surface area contributed by atoms with Gasteiger partial charge in [0.1, 0.15) is 0 Å². The summed E-state index contributed by atoms with van der Waals surface area (Å²) in [5, 5.41) is 4.26. The highest BCUT2D eigenvalue weighted by Gasteiger charge is 1.97. The molecule has 0 bridgehead atoms. The SMILES string of the molecule is CCCNCCCSC(C)CC. The molecule has 0 spiro atoms. The van der Waals surface area contributed by atoms with E-state index in [0.717, 1.165) is 5.25 Å². The fourth-order valence-electron chi connectivity index (χ4n) is 0.901. The Morgan fingerprint density at radius 2 is 2.00 bits per heavy atom. The van der Waals surface area contributed by atoms with Gasteiger partial charge >= 0.3 is 0 Å². The predicted octanol–water partition coefficient (Wildman–Crippen LogP) is 2.91. The first kappa shape index (κ1) is 12.3. The molecule has 0 aromatic carbocycles. The Balaban J connectivity index is 2.90. The van der Waals surface area contributed by atoms with E-state index in [-0.39, 0.29) is 0 Å². The van der Waals surface area contributed by atoms with Gasteiger partial charge in [-0.1, -0.05) is 20.8 Å². The van der Waals surface area contributed by atoms with E-state index in [4.69, 9.17) is 0 Å². The maximum Gasteiger partial charge on any atom is 0.00161 e. The van der Waals surface area contributed by atoms with Gasteiger partial charge in [-0.3, -0.25) is 0 Å². The van der Waals surface area contributed by atoms with Gasteiger partial charge in [0.05, 0.1) is 0 Å². The summed E-state index contributed by atoms with van der Waals surface area (Å²) >= 11 is 2.09. The van der Waals surface area contributed by atoms with Crippen molar-refractivity contribution < 1.29 is 0 Å². The standard InChI is InChI=1S/C10H23NS/c1-4-7-11-8-6-9-12-10(3)5-2/h10-11H,4-9H2,1-3H3. The van der Waals surface area contributed by atoms with Crippen LogP contribution in [0.5, 0.6) is 0 Å². The van der Waals surface area contributed by atoms with Crippen molar-refractivity contribution in [2.75, 3.05) is 18.8 Å². The molecule has 0 amide bonds. The minimum absolute atomic E-state index is 0.844. The number of hydrogen-bond acceptors (Lipinski definition) is 2. The molecule has 0 aromatic heterocycles. The highest BCUT2D eigenvalue weighted by atomic mass is 32.2. The van der Waals surface area contributed by atoms with E-state index >= 15 is 0 Å². The van der Waals surface area contributed by atoms with Crippen LogP contribution < -0.4 is 5.32 Å². The molecule has 1 unspecified atom stereocenters. The summed E-state index contributed by atoms with van der Waals surface area (Å²) in [5.41, 5.74) is 0. The van der Waals surface area contributed by atoms with Crippen molar-refractivity contribution >= 4 is 11.8 Å². The molecule has 1 nitrogen and oxygen atoms in total.